The van der Waals surface area contributed by atoms with Gasteiger partial charge in [0.25, 0.3) is 0 Å². The predicted octanol–water partition coefficient (Wildman–Crippen LogP) is 3.25. The van der Waals surface area contributed by atoms with Crippen molar-refractivity contribution in [2.24, 2.45) is 0 Å². The zero-order valence-corrected chi connectivity index (χ0v) is 12.2. The van der Waals surface area contributed by atoms with E-state index in [2.05, 4.69) is 31.2 Å². The molecule has 2 nitrogen and oxygen atoms in total. The molecule has 2 aromatic rings. The molecule has 2 aliphatic rings. The predicted molar refractivity (Wildman–Crippen MR) is 78.4 cm³/mol. The van der Waals surface area contributed by atoms with Gasteiger partial charge in [-0.25, -0.2) is 8.42 Å². The van der Waals surface area contributed by atoms with Crippen LogP contribution in [-0.4, -0.2) is 13.2 Å². The third-order valence-corrected chi connectivity index (χ3v) is 7.57. The maximum Gasteiger partial charge on any atom is 0.185 e. The van der Waals surface area contributed by atoms with E-state index in [4.69, 9.17) is 0 Å². The third kappa shape index (κ3) is 1.31. The second-order valence-electron chi connectivity index (χ2n) is 6.11. The summed E-state index contributed by atoms with van der Waals surface area (Å²) in [5, 5.41) is 0. The molecule has 0 radical (unpaired) electrons. The van der Waals surface area contributed by atoms with E-state index in [1.165, 1.54) is 11.1 Å². The normalized spacial score (nSPS) is 30.6. The topological polar surface area (TPSA) is 34.1 Å². The molecule has 2 aromatic carbocycles. The van der Waals surface area contributed by atoms with E-state index in [-0.39, 0.29) is 5.41 Å². The van der Waals surface area contributed by atoms with Gasteiger partial charge in [-0.15, -0.1) is 0 Å². The summed E-state index contributed by atoms with van der Waals surface area (Å²) in [6.07, 6.45) is 1.56. The Labute approximate surface area is 119 Å². The van der Waals surface area contributed by atoms with Crippen LogP contribution in [0, 0.1) is 6.92 Å². The highest BCUT2D eigenvalue weighted by Gasteiger charge is 2.90. The lowest BCUT2D eigenvalue weighted by Crippen LogP contribution is -2.14. The molecule has 20 heavy (non-hydrogen) atoms. The third-order valence-electron chi connectivity index (χ3n) is 4.97. The van der Waals surface area contributed by atoms with Crippen molar-refractivity contribution in [1.29, 1.82) is 0 Å². The summed E-state index contributed by atoms with van der Waals surface area (Å²) < 4.78 is 25.1. The van der Waals surface area contributed by atoms with Gasteiger partial charge in [0.15, 0.2) is 9.84 Å². The van der Waals surface area contributed by atoms with Crippen molar-refractivity contribution in [3.8, 4) is 0 Å². The molecule has 0 aromatic heterocycles. The van der Waals surface area contributed by atoms with Crippen LogP contribution in [0.5, 0.6) is 0 Å². The van der Waals surface area contributed by atoms with Gasteiger partial charge in [0.1, 0.15) is 0 Å². The van der Waals surface area contributed by atoms with E-state index in [1.54, 1.807) is 24.3 Å². The lowest BCUT2D eigenvalue weighted by atomic mass is 10.0. The van der Waals surface area contributed by atoms with Crippen molar-refractivity contribution >= 4 is 9.84 Å². The van der Waals surface area contributed by atoms with Crippen LogP contribution in [0.15, 0.2) is 59.5 Å². The maximum atomic E-state index is 12.8. The van der Waals surface area contributed by atoms with Crippen molar-refractivity contribution in [1.82, 2.24) is 0 Å². The highest BCUT2D eigenvalue weighted by atomic mass is 32.2. The van der Waals surface area contributed by atoms with Gasteiger partial charge in [-0.05, 0) is 37.5 Å². The minimum Gasteiger partial charge on any atom is -0.223 e. The molecule has 4 rings (SSSR count). The quantitative estimate of drug-likeness (QED) is 0.867. The van der Waals surface area contributed by atoms with Gasteiger partial charge < -0.3 is 0 Å². The Morgan fingerprint density at radius 3 is 2.10 bits per heavy atom. The largest absolute Gasteiger partial charge is 0.223 e. The number of fused-ring (bicyclic) bond motifs is 1. The second-order valence-corrected chi connectivity index (χ2v) is 8.37. The first-order valence-electron chi connectivity index (χ1n) is 6.89. The van der Waals surface area contributed by atoms with Crippen LogP contribution in [0.25, 0.3) is 0 Å². The molecule has 2 aliphatic carbocycles. The summed E-state index contributed by atoms with van der Waals surface area (Å²) >= 11 is 0. The Hall–Kier alpha value is -1.61. The number of hydrogen-bond acceptors (Lipinski definition) is 2. The Morgan fingerprint density at radius 1 is 0.900 bits per heavy atom. The fourth-order valence-corrected chi connectivity index (χ4v) is 5.92. The first-order valence-corrected chi connectivity index (χ1v) is 8.37. The van der Waals surface area contributed by atoms with E-state index in [1.807, 2.05) is 6.07 Å². The van der Waals surface area contributed by atoms with E-state index in [9.17, 15) is 8.42 Å². The minimum absolute atomic E-state index is 0.102. The van der Waals surface area contributed by atoms with Gasteiger partial charge in [0.05, 0.1) is 9.64 Å². The number of sulfone groups is 1. The lowest BCUT2D eigenvalue weighted by Gasteiger charge is -2.05. The average Bonchev–Trinajstić information content (AvgIpc) is 3.28. The van der Waals surface area contributed by atoms with Crippen LogP contribution >= 0.6 is 0 Å². The number of benzene rings is 2. The van der Waals surface area contributed by atoms with Gasteiger partial charge >= 0.3 is 0 Å². The minimum atomic E-state index is -3.21. The van der Waals surface area contributed by atoms with Crippen LogP contribution in [0.3, 0.4) is 0 Å². The fourth-order valence-electron chi connectivity index (χ4n) is 3.45. The van der Waals surface area contributed by atoms with Gasteiger partial charge in [0, 0.05) is 5.41 Å². The monoisotopic (exact) mass is 284 g/mol. The first kappa shape index (κ1) is 12.2. The first-order chi connectivity index (χ1) is 9.52. The highest BCUT2D eigenvalue weighted by Crippen LogP contribution is 2.83. The van der Waals surface area contributed by atoms with Crippen LogP contribution in [0.2, 0.25) is 0 Å². The summed E-state index contributed by atoms with van der Waals surface area (Å²) in [4.78, 5) is 0.464. The van der Waals surface area contributed by atoms with Crippen molar-refractivity contribution < 1.29 is 8.42 Å². The van der Waals surface area contributed by atoms with Gasteiger partial charge in [-0.1, -0.05) is 48.0 Å². The molecule has 3 heteroatoms. The molecule has 0 atom stereocenters. The molecule has 0 aliphatic heterocycles. The SMILES string of the molecule is Cc1ccc(C23CC2(S(=O)(=O)c2ccccc2)C3)cc1. The highest BCUT2D eigenvalue weighted by molar-refractivity contribution is 7.93. The molecule has 0 heterocycles. The van der Waals surface area contributed by atoms with Gasteiger partial charge in [-0.3, -0.25) is 0 Å². The zero-order valence-electron chi connectivity index (χ0n) is 11.3. The molecule has 0 bridgehead atoms. The van der Waals surface area contributed by atoms with E-state index < -0.39 is 14.6 Å². The van der Waals surface area contributed by atoms with Crippen LogP contribution in [0.4, 0.5) is 0 Å². The molecule has 0 N–H and O–H groups in total. The standard InChI is InChI=1S/C17H16O2S/c1-13-7-9-14(10-8-13)16-11-17(16,12-16)20(18,19)15-5-3-2-4-6-15/h2-10H,11-12H2,1H3. The summed E-state index contributed by atoms with van der Waals surface area (Å²) in [7, 11) is -3.21. The Morgan fingerprint density at radius 2 is 1.50 bits per heavy atom. The Kier molecular flexibility index (Phi) is 2.14. The van der Waals surface area contributed by atoms with Crippen molar-refractivity contribution in [3.63, 3.8) is 0 Å². The smallest absolute Gasteiger partial charge is 0.185 e. The van der Waals surface area contributed by atoms with E-state index in [0.717, 1.165) is 12.8 Å². The molecule has 0 amide bonds. The second kappa shape index (κ2) is 3.53. The molecular formula is C17H16O2S. The van der Waals surface area contributed by atoms with E-state index in [0.29, 0.717) is 4.90 Å². The van der Waals surface area contributed by atoms with Crippen LogP contribution < -0.4 is 0 Å². The molecule has 0 spiro atoms. The summed E-state index contributed by atoms with van der Waals surface area (Å²) in [6, 6.07) is 17.2. The van der Waals surface area contributed by atoms with Crippen molar-refractivity contribution in [2.45, 2.75) is 34.8 Å². The number of aryl methyl sites for hydroxylation is 1. The van der Waals surface area contributed by atoms with Crippen molar-refractivity contribution in [3.05, 3.63) is 65.7 Å². The zero-order chi connectivity index (χ0) is 14.0. The summed E-state index contributed by atoms with van der Waals surface area (Å²) in [6.45, 7) is 2.05. The average molecular weight is 284 g/mol. The summed E-state index contributed by atoms with van der Waals surface area (Å²) in [5.41, 5.74) is 2.29. The van der Waals surface area contributed by atoms with Gasteiger partial charge in [-0.2, -0.15) is 0 Å². The number of rotatable bonds is 3. The molecule has 0 unspecified atom stereocenters. The molecular weight excluding hydrogens is 268 g/mol. The summed E-state index contributed by atoms with van der Waals surface area (Å²) in [5.74, 6) is 0. The fraction of sp³-hybridized carbons (Fsp3) is 0.294. The maximum absolute atomic E-state index is 12.8. The van der Waals surface area contributed by atoms with Crippen LogP contribution in [-0.2, 0) is 15.3 Å². The van der Waals surface area contributed by atoms with E-state index >= 15 is 0 Å². The molecule has 102 valence electrons. The van der Waals surface area contributed by atoms with Crippen LogP contribution in [0.1, 0.15) is 24.0 Å². The van der Waals surface area contributed by atoms with Gasteiger partial charge in [0.2, 0.25) is 0 Å². The Bertz CT molecular complexity index is 767. The molecule has 2 saturated carbocycles. The number of hydrogen-bond donors (Lipinski definition) is 0. The molecule has 0 saturated heterocycles. The van der Waals surface area contributed by atoms with Crippen molar-refractivity contribution in [2.75, 3.05) is 0 Å². The lowest BCUT2D eigenvalue weighted by molar-refractivity contribution is 0.587. The molecule has 2 fully saturated rings. The Balaban J connectivity index is 1.73.